The molecule has 6 nitrogen and oxygen atoms in total. The monoisotopic (exact) mass is 559 g/mol. The molecule has 0 unspecified atom stereocenters. The predicted molar refractivity (Wildman–Crippen MR) is 139 cm³/mol. The molecule has 8 heteroatoms. The predicted octanol–water partition coefficient (Wildman–Crippen LogP) is 3.44. The molecule has 0 bridgehead atoms. The molecule has 0 aliphatic heterocycles. The van der Waals surface area contributed by atoms with Crippen molar-refractivity contribution >= 4 is 39.8 Å². The van der Waals surface area contributed by atoms with E-state index in [-0.39, 0.29) is 36.3 Å². The highest BCUT2D eigenvalue weighted by Crippen LogP contribution is 2.27. The van der Waals surface area contributed by atoms with E-state index in [0.29, 0.717) is 25.6 Å². The third-order valence-electron chi connectivity index (χ3n) is 4.57. The SMILES string of the molecule is CCNC(=NCCC(c1ccccc1)c1ccccc1)NCCOCCS(C)(=O)=O.I. The molecule has 172 valence electrons. The molecule has 0 aromatic heterocycles. The molecule has 0 heterocycles. The maximum absolute atomic E-state index is 11.1. The second-order valence-corrected chi connectivity index (χ2v) is 9.35. The van der Waals surface area contributed by atoms with E-state index in [9.17, 15) is 8.42 Å². The van der Waals surface area contributed by atoms with Crippen molar-refractivity contribution in [3.05, 3.63) is 71.8 Å². The molecule has 0 saturated carbocycles. The first-order valence-corrected chi connectivity index (χ1v) is 12.4. The van der Waals surface area contributed by atoms with Crippen molar-refractivity contribution in [2.45, 2.75) is 19.3 Å². The maximum atomic E-state index is 11.1. The Morgan fingerprint density at radius 3 is 2.06 bits per heavy atom. The smallest absolute Gasteiger partial charge is 0.191 e. The van der Waals surface area contributed by atoms with Crippen LogP contribution in [-0.2, 0) is 14.6 Å². The number of guanidine groups is 1. The summed E-state index contributed by atoms with van der Waals surface area (Å²) >= 11 is 0. The van der Waals surface area contributed by atoms with Gasteiger partial charge in [-0.2, -0.15) is 0 Å². The third-order valence-corrected chi connectivity index (χ3v) is 5.48. The van der Waals surface area contributed by atoms with Crippen molar-refractivity contribution in [2.75, 3.05) is 44.9 Å². The lowest BCUT2D eigenvalue weighted by Crippen LogP contribution is -2.39. The van der Waals surface area contributed by atoms with E-state index in [1.54, 1.807) is 0 Å². The summed E-state index contributed by atoms with van der Waals surface area (Å²) in [7, 11) is -2.98. The van der Waals surface area contributed by atoms with Crippen molar-refractivity contribution < 1.29 is 13.2 Å². The molecular formula is C23H34IN3O3S. The third kappa shape index (κ3) is 11.5. The van der Waals surface area contributed by atoms with Gasteiger partial charge >= 0.3 is 0 Å². The van der Waals surface area contributed by atoms with Gasteiger partial charge in [-0.1, -0.05) is 60.7 Å². The molecule has 0 spiro atoms. The normalized spacial score (nSPS) is 11.8. The minimum absolute atomic E-state index is 0. The maximum Gasteiger partial charge on any atom is 0.191 e. The first kappa shape index (κ1) is 27.4. The number of hydrogen-bond donors (Lipinski definition) is 2. The fraction of sp³-hybridized carbons (Fsp3) is 0.435. The van der Waals surface area contributed by atoms with Gasteiger partial charge in [0.25, 0.3) is 0 Å². The Hall–Kier alpha value is -1.65. The van der Waals surface area contributed by atoms with Gasteiger partial charge in [0.05, 0.1) is 19.0 Å². The summed E-state index contributed by atoms with van der Waals surface area (Å²) in [4.78, 5) is 4.70. The number of aliphatic imine (C=N–C) groups is 1. The lowest BCUT2D eigenvalue weighted by Gasteiger charge is -2.18. The van der Waals surface area contributed by atoms with E-state index in [0.717, 1.165) is 18.9 Å². The van der Waals surface area contributed by atoms with Crippen LogP contribution in [-0.4, -0.2) is 59.2 Å². The van der Waals surface area contributed by atoms with E-state index >= 15 is 0 Å². The second kappa shape index (κ2) is 15.2. The van der Waals surface area contributed by atoms with Crippen molar-refractivity contribution in [2.24, 2.45) is 4.99 Å². The van der Waals surface area contributed by atoms with Crippen LogP contribution in [0.5, 0.6) is 0 Å². The van der Waals surface area contributed by atoms with Crippen LogP contribution in [0.1, 0.15) is 30.4 Å². The van der Waals surface area contributed by atoms with Crippen molar-refractivity contribution in [3.63, 3.8) is 0 Å². The van der Waals surface area contributed by atoms with Crippen molar-refractivity contribution in [1.82, 2.24) is 10.6 Å². The Bertz CT molecular complexity index is 823. The molecule has 2 N–H and O–H groups in total. The highest BCUT2D eigenvalue weighted by molar-refractivity contribution is 14.0. The molecule has 0 atom stereocenters. The zero-order valence-electron chi connectivity index (χ0n) is 18.3. The van der Waals surface area contributed by atoms with Crippen LogP contribution in [0.4, 0.5) is 0 Å². The summed E-state index contributed by atoms with van der Waals surface area (Å²) in [6.45, 7) is 4.67. The number of sulfone groups is 1. The Labute approximate surface area is 203 Å². The molecule has 2 rings (SSSR count). The standard InChI is InChI=1S/C23H33N3O3S.HI/c1-3-24-23(26-16-17-29-18-19-30(2,27)28)25-15-14-22(20-10-6-4-7-11-20)21-12-8-5-9-13-21;/h4-13,22H,3,14-19H2,1-2H3,(H2,24,25,26);1H. The average Bonchev–Trinajstić information content (AvgIpc) is 2.74. The average molecular weight is 560 g/mol. The molecule has 31 heavy (non-hydrogen) atoms. The minimum atomic E-state index is -2.98. The molecular weight excluding hydrogens is 525 g/mol. The van der Waals surface area contributed by atoms with E-state index in [1.165, 1.54) is 17.4 Å². The van der Waals surface area contributed by atoms with Crippen LogP contribution in [0.3, 0.4) is 0 Å². The van der Waals surface area contributed by atoms with Crippen LogP contribution in [0.15, 0.2) is 65.7 Å². The summed E-state index contributed by atoms with van der Waals surface area (Å²) in [5.41, 5.74) is 2.58. The zero-order chi connectivity index (χ0) is 21.7. The topological polar surface area (TPSA) is 79.8 Å². The summed E-state index contributed by atoms with van der Waals surface area (Å²) in [6.07, 6.45) is 2.11. The van der Waals surface area contributed by atoms with Crippen LogP contribution < -0.4 is 10.6 Å². The van der Waals surface area contributed by atoms with Crippen molar-refractivity contribution in [1.29, 1.82) is 0 Å². The van der Waals surface area contributed by atoms with E-state index in [2.05, 4.69) is 59.2 Å². The largest absolute Gasteiger partial charge is 0.379 e. The van der Waals surface area contributed by atoms with Gasteiger partial charge in [-0.25, -0.2) is 8.42 Å². The first-order valence-electron chi connectivity index (χ1n) is 10.4. The van der Waals surface area contributed by atoms with Crippen molar-refractivity contribution in [3.8, 4) is 0 Å². The molecule has 0 saturated heterocycles. The Kier molecular flexibility index (Phi) is 13.4. The molecule has 0 radical (unpaired) electrons. The fourth-order valence-electron chi connectivity index (χ4n) is 3.10. The number of ether oxygens (including phenoxy) is 1. The van der Waals surface area contributed by atoms with Crippen LogP contribution in [0, 0.1) is 0 Å². The van der Waals surface area contributed by atoms with Gasteiger partial charge in [-0.15, -0.1) is 24.0 Å². The number of nitrogens with zero attached hydrogens (tertiary/aromatic N) is 1. The van der Waals surface area contributed by atoms with Gasteiger partial charge in [-0.3, -0.25) is 4.99 Å². The Morgan fingerprint density at radius 2 is 1.55 bits per heavy atom. The highest BCUT2D eigenvalue weighted by atomic mass is 127. The minimum Gasteiger partial charge on any atom is -0.379 e. The molecule has 0 fully saturated rings. The highest BCUT2D eigenvalue weighted by Gasteiger charge is 2.13. The molecule has 0 aliphatic carbocycles. The van der Waals surface area contributed by atoms with E-state index in [1.807, 2.05) is 19.1 Å². The quantitative estimate of drug-likeness (QED) is 0.180. The number of benzene rings is 2. The Morgan fingerprint density at radius 1 is 0.968 bits per heavy atom. The van der Waals surface area contributed by atoms with Crippen LogP contribution >= 0.6 is 24.0 Å². The summed E-state index contributed by atoms with van der Waals surface area (Å²) in [5, 5.41) is 6.47. The fourth-order valence-corrected chi connectivity index (χ4v) is 3.52. The molecule has 2 aromatic rings. The Balaban J connectivity index is 0.00000480. The second-order valence-electron chi connectivity index (χ2n) is 7.09. The lowest BCUT2D eigenvalue weighted by atomic mass is 9.89. The zero-order valence-corrected chi connectivity index (χ0v) is 21.4. The van der Waals surface area contributed by atoms with Crippen LogP contribution in [0.2, 0.25) is 0 Å². The van der Waals surface area contributed by atoms with E-state index in [4.69, 9.17) is 9.73 Å². The summed E-state index contributed by atoms with van der Waals surface area (Å²) in [5.74, 6) is 1.07. The van der Waals surface area contributed by atoms with Gasteiger partial charge in [-0.05, 0) is 24.5 Å². The van der Waals surface area contributed by atoms with Gasteiger partial charge in [0.15, 0.2) is 5.96 Å². The number of nitrogens with one attached hydrogen (secondary N) is 2. The van der Waals surface area contributed by atoms with Gasteiger partial charge in [0.2, 0.25) is 0 Å². The summed E-state index contributed by atoms with van der Waals surface area (Å²) in [6, 6.07) is 21.0. The lowest BCUT2D eigenvalue weighted by molar-refractivity contribution is 0.154. The number of hydrogen-bond acceptors (Lipinski definition) is 4. The van der Waals surface area contributed by atoms with Crippen LogP contribution in [0.25, 0.3) is 0 Å². The molecule has 0 aliphatic rings. The van der Waals surface area contributed by atoms with Gasteiger partial charge in [0.1, 0.15) is 9.84 Å². The number of halogens is 1. The molecule has 2 aromatic carbocycles. The van der Waals surface area contributed by atoms with Gasteiger partial charge in [0, 0.05) is 31.8 Å². The van der Waals surface area contributed by atoms with E-state index < -0.39 is 9.84 Å². The summed E-state index contributed by atoms with van der Waals surface area (Å²) < 4.78 is 27.6. The van der Waals surface area contributed by atoms with Gasteiger partial charge < -0.3 is 15.4 Å². The molecule has 0 amide bonds. The first-order chi connectivity index (χ1) is 14.5. The number of rotatable bonds is 12.